The van der Waals surface area contributed by atoms with Crippen molar-refractivity contribution < 1.29 is 24.2 Å². The molecule has 8 heteroatoms. The Morgan fingerprint density at radius 1 is 1.11 bits per heavy atom. The molecule has 2 aliphatic rings. The van der Waals surface area contributed by atoms with Gasteiger partial charge < -0.3 is 20.1 Å². The lowest BCUT2D eigenvalue weighted by atomic mass is 9.98. The number of fused-ring (bicyclic) bond motifs is 3. The average molecular weight is 497 g/mol. The van der Waals surface area contributed by atoms with Crippen molar-refractivity contribution in [3.8, 4) is 11.1 Å². The van der Waals surface area contributed by atoms with Crippen LogP contribution < -0.4 is 5.32 Å². The van der Waals surface area contributed by atoms with Gasteiger partial charge in [0.25, 0.3) is 0 Å². The number of nitrogens with one attached hydrogen (secondary N) is 1. The summed E-state index contributed by atoms with van der Waals surface area (Å²) < 4.78 is 5.57. The molecule has 2 aromatic carbocycles. The summed E-state index contributed by atoms with van der Waals surface area (Å²) in [7, 11) is 0. The van der Waals surface area contributed by atoms with Gasteiger partial charge in [0.15, 0.2) is 0 Å². The molecule has 0 radical (unpaired) electrons. The maximum absolute atomic E-state index is 12.8. The van der Waals surface area contributed by atoms with E-state index in [0.29, 0.717) is 31.7 Å². The lowest BCUT2D eigenvalue weighted by molar-refractivity contribution is -0.140. The average Bonchev–Trinajstić information content (AvgIpc) is 3.16. The lowest BCUT2D eigenvalue weighted by Gasteiger charge is -2.35. The fourth-order valence-electron chi connectivity index (χ4n) is 4.94. The van der Waals surface area contributed by atoms with Gasteiger partial charge in [-0.3, -0.25) is 9.59 Å². The zero-order valence-electron chi connectivity index (χ0n) is 19.9. The summed E-state index contributed by atoms with van der Waals surface area (Å²) in [5, 5.41) is 11.9. The molecule has 1 aliphatic carbocycles. The first-order chi connectivity index (χ1) is 16.9. The van der Waals surface area contributed by atoms with Crippen molar-refractivity contribution in [3.05, 3.63) is 59.7 Å². The Morgan fingerprint density at radius 3 is 2.43 bits per heavy atom. The molecule has 1 heterocycles. The van der Waals surface area contributed by atoms with Crippen molar-refractivity contribution in [2.45, 2.75) is 38.1 Å². The molecule has 186 valence electrons. The zero-order chi connectivity index (χ0) is 24.8. The van der Waals surface area contributed by atoms with Gasteiger partial charge in [-0.1, -0.05) is 55.5 Å². The van der Waals surface area contributed by atoms with E-state index in [2.05, 4.69) is 29.6 Å². The number of hydrogen-bond donors (Lipinski definition) is 2. The second-order valence-electron chi connectivity index (χ2n) is 9.26. The number of hydrogen-bond acceptors (Lipinski definition) is 5. The normalized spacial score (nSPS) is 17.9. The van der Waals surface area contributed by atoms with Crippen LogP contribution in [0.1, 0.15) is 43.2 Å². The first-order valence-electron chi connectivity index (χ1n) is 12.1. The van der Waals surface area contributed by atoms with Crippen LogP contribution >= 0.6 is 11.8 Å². The maximum Gasteiger partial charge on any atom is 0.407 e. The molecule has 1 fully saturated rings. The van der Waals surface area contributed by atoms with Gasteiger partial charge in [0, 0.05) is 36.9 Å². The highest BCUT2D eigenvalue weighted by atomic mass is 32.2. The molecule has 2 amide bonds. The van der Waals surface area contributed by atoms with Crippen LogP contribution in [0.25, 0.3) is 11.1 Å². The number of thioether (sulfide) groups is 1. The standard InChI is InChI=1S/C27H32N2O5S/c1-18(14-25(30)29-12-13-35-17-19(29)15-26(31)32)10-11-28-27(33)34-16-24-22-8-4-2-6-20(22)21-7-3-5-9-23(21)24/h2-9,18-19,24H,10-17H2,1H3,(H,28,33)(H,31,32). The Labute approximate surface area is 210 Å². The number of benzene rings is 2. The first kappa shape index (κ1) is 25.1. The first-order valence-corrected chi connectivity index (χ1v) is 13.3. The Balaban J connectivity index is 1.21. The Bertz CT molecular complexity index is 1030. The van der Waals surface area contributed by atoms with E-state index in [4.69, 9.17) is 9.84 Å². The van der Waals surface area contributed by atoms with E-state index in [-0.39, 0.29) is 36.8 Å². The van der Waals surface area contributed by atoms with Gasteiger partial charge in [-0.15, -0.1) is 0 Å². The number of aliphatic carboxylic acids is 1. The Kier molecular flexibility index (Phi) is 8.33. The maximum atomic E-state index is 12.8. The van der Waals surface area contributed by atoms with Crippen LogP contribution in [0.4, 0.5) is 4.79 Å². The van der Waals surface area contributed by atoms with Crippen molar-refractivity contribution in [1.82, 2.24) is 10.2 Å². The molecule has 0 bridgehead atoms. The van der Waals surface area contributed by atoms with Crippen LogP contribution in [0.5, 0.6) is 0 Å². The summed E-state index contributed by atoms with van der Waals surface area (Å²) in [6.07, 6.45) is 0.506. The summed E-state index contributed by atoms with van der Waals surface area (Å²) >= 11 is 1.69. The molecule has 35 heavy (non-hydrogen) atoms. The predicted molar refractivity (Wildman–Crippen MR) is 137 cm³/mol. The van der Waals surface area contributed by atoms with Crippen molar-refractivity contribution in [2.24, 2.45) is 5.92 Å². The Morgan fingerprint density at radius 2 is 1.77 bits per heavy atom. The molecule has 7 nitrogen and oxygen atoms in total. The third-order valence-electron chi connectivity index (χ3n) is 6.73. The molecular weight excluding hydrogens is 464 g/mol. The molecule has 0 aromatic heterocycles. The molecule has 4 rings (SSSR count). The number of nitrogens with zero attached hydrogens (tertiary/aromatic N) is 1. The highest BCUT2D eigenvalue weighted by Gasteiger charge is 2.30. The molecule has 2 N–H and O–H groups in total. The zero-order valence-corrected chi connectivity index (χ0v) is 20.8. The van der Waals surface area contributed by atoms with Crippen molar-refractivity contribution >= 4 is 29.7 Å². The predicted octanol–water partition coefficient (Wildman–Crippen LogP) is 4.36. The van der Waals surface area contributed by atoms with Crippen LogP contribution in [0.15, 0.2) is 48.5 Å². The smallest absolute Gasteiger partial charge is 0.407 e. The number of carbonyl (C=O) groups is 3. The molecule has 2 unspecified atom stereocenters. The Hall–Kier alpha value is -3.00. The van der Waals surface area contributed by atoms with Crippen molar-refractivity contribution in [3.63, 3.8) is 0 Å². The third-order valence-corrected chi connectivity index (χ3v) is 7.82. The van der Waals surface area contributed by atoms with Crippen LogP contribution in [0.2, 0.25) is 0 Å². The van der Waals surface area contributed by atoms with Crippen LogP contribution in [-0.4, -0.2) is 65.2 Å². The largest absolute Gasteiger partial charge is 0.481 e. The van der Waals surface area contributed by atoms with Gasteiger partial charge in [-0.2, -0.15) is 11.8 Å². The molecule has 1 aliphatic heterocycles. The third kappa shape index (κ3) is 6.17. The molecule has 0 saturated carbocycles. The number of carboxylic acids is 1. The van der Waals surface area contributed by atoms with E-state index in [1.54, 1.807) is 16.7 Å². The number of ether oxygens (including phenoxy) is 1. The molecule has 2 atom stereocenters. The number of rotatable bonds is 9. The number of carboxylic acid groups (broad SMARTS) is 1. The minimum atomic E-state index is -0.879. The van der Waals surface area contributed by atoms with E-state index in [1.165, 1.54) is 22.3 Å². The lowest BCUT2D eigenvalue weighted by Crippen LogP contribution is -2.47. The molecule has 1 saturated heterocycles. The van der Waals surface area contributed by atoms with Gasteiger partial charge in [0.1, 0.15) is 6.61 Å². The highest BCUT2D eigenvalue weighted by molar-refractivity contribution is 7.99. The van der Waals surface area contributed by atoms with Gasteiger partial charge in [-0.05, 0) is 34.6 Å². The van der Waals surface area contributed by atoms with Crippen LogP contribution in [0.3, 0.4) is 0 Å². The minimum Gasteiger partial charge on any atom is -0.481 e. The summed E-state index contributed by atoms with van der Waals surface area (Å²) in [6, 6.07) is 16.2. The fourth-order valence-corrected chi connectivity index (χ4v) is 6.00. The van der Waals surface area contributed by atoms with E-state index < -0.39 is 12.1 Å². The summed E-state index contributed by atoms with van der Waals surface area (Å²) in [4.78, 5) is 38.0. The number of amides is 2. The van der Waals surface area contributed by atoms with Crippen molar-refractivity contribution in [2.75, 3.05) is 31.2 Å². The van der Waals surface area contributed by atoms with E-state index in [0.717, 1.165) is 5.75 Å². The molecular formula is C27H32N2O5S. The number of alkyl carbamates (subject to hydrolysis) is 1. The SMILES string of the molecule is CC(CCNC(=O)OCC1c2ccccc2-c2ccccc21)CC(=O)N1CCSCC1CC(=O)O. The topological polar surface area (TPSA) is 95.9 Å². The van der Waals surface area contributed by atoms with Gasteiger partial charge >= 0.3 is 12.1 Å². The quantitative estimate of drug-likeness (QED) is 0.536. The monoisotopic (exact) mass is 496 g/mol. The molecule has 2 aromatic rings. The second-order valence-corrected chi connectivity index (χ2v) is 10.4. The van der Waals surface area contributed by atoms with E-state index in [9.17, 15) is 14.4 Å². The summed E-state index contributed by atoms with van der Waals surface area (Å²) in [5.74, 6) is 0.693. The molecule has 0 spiro atoms. The van der Waals surface area contributed by atoms with Crippen molar-refractivity contribution in [1.29, 1.82) is 0 Å². The number of carbonyl (C=O) groups excluding carboxylic acids is 2. The highest BCUT2D eigenvalue weighted by Crippen LogP contribution is 2.44. The summed E-state index contributed by atoms with van der Waals surface area (Å²) in [6.45, 7) is 3.25. The second kappa shape index (κ2) is 11.6. The minimum absolute atomic E-state index is 0.00908. The van der Waals surface area contributed by atoms with Crippen LogP contribution in [-0.2, 0) is 14.3 Å². The van der Waals surface area contributed by atoms with E-state index in [1.807, 2.05) is 31.2 Å². The van der Waals surface area contributed by atoms with Gasteiger partial charge in [0.2, 0.25) is 5.91 Å². The van der Waals surface area contributed by atoms with E-state index >= 15 is 0 Å². The van der Waals surface area contributed by atoms with Crippen LogP contribution in [0, 0.1) is 5.92 Å². The van der Waals surface area contributed by atoms with Gasteiger partial charge in [0.05, 0.1) is 12.5 Å². The fraction of sp³-hybridized carbons (Fsp3) is 0.444. The van der Waals surface area contributed by atoms with Gasteiger partial charge in [-0.25, -0.2) is 4.79 Å². The summed E-state index contributed by atoms with van der Waals surface area (Å²) in [5.41, 5.74) is 4.72.